The molecule has 0 saturated heterocycles. The minimum atomic E-state index is -0.394. The second-order valence-electron chi connectivity index (χ2n) is 4.15. The Kier molecular flexibility index (Phi) is 3.71. The number of benzene rings is 2. The minimum absolute atomic E-state index is 0.345. The van der Waals surface area contributed by atoms with Gasteiger partial charge in [0, 0.05) is 10.6 Å². The van der Waals surface area contributed by atoms with Crippen molar-refractivity contribution in [3.8, 4) is 0 Å². The van der Waals surface area contributed by atoms with Crippen LogP contribution in [0.25, 0.3) is 0 Å². The topological polar surface area (TPSA) is 55.1 Å². The Morgan fingerprint density at radius 2 is 1.89 bits per heavy atom. The highest BCUT2D eigenvalue weighted by Crippen LogP contribution is 2.27. The normalized spacial score (nSPS) is 10.3. The molecule has 3 nitrogen and oxygen atoms in total. The van der Waals surface area contributed by atoms with Crippen molar-refractivity contribution in [3.05, 3.63) is 58.4 Å². The van der Waals surface area contributed by atoms with Gasteiger partial charge in [0.25, 0.3) is 5.91 Å². The maximum Gasteiger partial charge on any atom is 0.255 e. The number of anilines is 2. The van der Waals surface area contributed by atoms with Crippen molar-refractivity contribution in [1.29, 1.82) is 0 Å². The number of halogens is 2. The average Bonchev–Trinajstić information content (AvgIpc) is 2.36. The summed E-state index contributed by atoms with van der Waals surface area (Å²) in [5.41, 5.74) is 7.85. The van der Waals surface area contributed by atoms with Crippen LogP contribution in [-0.2, 0) is 0 Å². The van der Waals surface area contributed by atoms with Gasteiger partial charge >= 0.3 is 0 Å². The SMILES string of the molecule is Cc1cc(N)c(NC(=O)c2ccc(F)cc2)cc1Cl. The Labute approximate surface area is 115 Å². The molecule has 2 rings (SSSR count). The third-order valence-electron chi connectivity index (χ3n) is 2.69. The van der Waals surface area contributed by atoms with Crippen molar-refractivity contribution in [2.45, 2.75) is 6.92 Å². The molecule has 0 aliphatic rings. The van der Waals surface area contributed by atoms with Crippen molar-refractivity contribution < 1.29 is 9.18 Å². The number of hydrogen-bond acceptors (Lipinski definition) is 2. The van der Waals surface area contributed by atoms with Crippen molar-refractivity contribution >= 4 is 28.9 Å². The lowest BCUT2D eigenvalue weighted by molar-refractivity contribution is 0.102. The van der Waals surface area contributed by atoms with Crippen molar-refractivity contribution in [1.82, 2.24) is 0 Å². The maximum atomic E-state index is 12.8. The molecule has 0 radical (unpaired) electrons. The standard InChI is InChI=1S/C14H12ClFN2O/c1-8-6-12(17)13(7-11(8)15)18-14(19)9-2-4-10(16)5-3-9/h2-7H,17H2,1H3,(H,18,19). The predicted octanol–water partition coefficient (Wildman–Crippen LogP) is 3.62. The molecule has 0 bridgehead atoms. The first-order valence-corrected chi connectivity index (χ1v) is 5.97. The fourth-order valence-corrected chi connectivity index (χ4v) is 1.77. The average molecular weight is 279 g/mol. The van der Waals surface area contributed by atoms with E-state index in [-0.39, 0.29) is 5.91 Å². The summed E-state index contributed by atoms with van der Waals surface area (Å²) in [4.78, 5) is 11.9. The molecule has 98 valence electrons. The Morgan fingerprint density at radius 3 is 2.53 bits per heavy atom. The van der Waals surface area contributed by atoms with Gasteiger partial charge < -0.3 is 11.1 Å². The van der Waals surface area contributed by atoms with Crippen LogP contribution in [0.15, 0.2) is 36.4 Å². The molecule has 0 spiro atoms. The van der Waals surface area contributed by atoms with Gasteiger partial charge in [-0.05, 0) is 48.9 Å². The molecule has 0 heterocycles. The highest BCUT2D eigenvalue weighted by molar-refractivity contribution is 6.32. The summed E-state index contributed by atoms with van der Waals surface area (Å²) in [5.74, 6) is -0.763. The smallest absolute Gasteiger partial charge is 0.255 e. The summed E-state index contributed by atoms with van der Waals surface area (Å²) in [6, 6.07) is 8.52. The molecule has 3 N–H and O–H groups in total. The molecule has 0 aromatic heterocycles. The van der Waals surface area contributed by atoms with E-state index in [1.165, 1.54) is 24.3 Å². The molecule has 2 aromatic rings. The Bertz CT molecular complexity index is 626. The summed E-state index contributed by atoms with van der Waals surface area (Å²) in [5, 5.41) is 3.16. The molecular formula is C14H12ClFN2O. The molecule has 0 fully saturated rings. The summed E-state index contributed by atoms with van der Waals surface area (Å²) < 4.78 is 12.8. The quantitative estimate of drug-likeness (QED) is 0.824. The van der Waals surface area contributed by atoms with E-state index in [1.54, 1.807) is 12.1 Å². The van der Waals surface area contributed by atoms with E-state index in [2.05, 4.69) is 5.32 Å². The maximum absolute atomic E-state index is 12.8. The van der Waals surface area contributed by atoms with Crippen LogP contribution in [0.1, 0.15) is 15.9 Å². The highest BCUT2D eigenvalue weighted by Gasteiger charge is 2.09. The molecule has 5 heteroatoms. The van der Waals surface area contributed by atoms with Gasteiger partial charge in [0.15, 0.2) is 0 Å². The second kappa shape index (κ2) is 5.28. The van der Waals surface area contributed by atoms with E-state index in [4.69, 9.17) is 17.3 Å². The molecule has 1 amide bonds. The lowest BCUT2D eigenvalue weighted by atomic mass is 10.1. The number of nitrogens with two attached hydrogens (primary N) is 1. The zero-order valence-corrected chi connectivity index (χ0v) is 11.0. The summed E-state index contributed by atoms with van der Waals surface area (Å²) in [6.45, 7) is 1.82. The molecule has 19 heavy (non-hydrogen) atoms. The second-order valence-corrected chi connectivity index (χ2v) is 4.56. The van der Waals surface area contributed by atoms with Crippen LogP contribution in [0, 0.1) is 12.7 Å². The summed E-state index contributed by atoms with van der Waals surface area (Å²) in [7, 11) is 0. The van der Waals surface area contributed by atoms with Gasteiger partial charge in [-0.25, -0.2) is 4.39 Å². The van der Waals surface area contributed by atoms with Crippen LogP contribution in [0.2, 0.25) is 5.02 Å². The first kappa shape index (κ1) is 13.4. The lowest BCUT2D eigenvalue weighted by Gasteiger charge is -2.10. The van der Waals surface area contributed by atoms with Gasteiger partial charge in [-0.2, -0.15) is 0 Å². The van der Waals surface area contributed by atoms with Crippen LogP contribution in [0.4, 0.5) is 15.8 Å². The third kappa shape index (κ3) is 3.03. The lowest BCUT2D eigenvalue weighted by Crippen LogP contribution is -2.13. The summed E-state index contributed by atoms with van der Waals surface area (Å²) >= 11 is 5.98. The Morgan fingerprint density at radius 1 is 1.26 bits per heavy atom. The Balaban J connectivity index is 2.24. The number of aryl methyl sites for hydroxylation is 1. The van der Waals surface area contributed by atoms with Gasteiger partial charge in [0.1, 0.15) is 5.82 Å². The monoisotopic (exact) mass is 278 g/mol. The van der Waals surface area contributed by atoms with E-state index < -0.39 is 5.82 Å². The number of amides is 1. The fraction of sp³-hybridized carbons (Fsp3) is 0.0714. The van der Waals surface area contributed by atoms with Crippen LogP contribution >= 0.6 is 11.6 Å². The van der Waals surface area contributed by atoms with Gasteiger partial charge in [-0.15, -0.1) is 0 Å². The van der Waals surface area contributed by atoms with Gasteiger partial charge in [0.2, 0.25) is 0 Å². The predicted molar refractivity (Wildman–Crippen MR) is 75.0 cm³/mol. The van der Waals surface area contributed by atoms with Crippen LogP contribution in [-0.4, -0.2) is 5.91 Å². The van der Waals surface area contributed by atoms with E-state index in [0.29, 0.717) is 22.0 Å². The molecule has 0 aliphatic carbocycles. The van der Waals surface area contributed by atoms with E-state index in [1.807, 2.05) is 6.92 Å². The number of nitrogen functional groups attached to an aromatic ring is 1. The van der Waals surface area contributed by atoms with Crippen molar-refractivity contribution in [2.24, 2.45) is 0 Å². The largest absolute Gasteiger partial charge is 0.397 e. The number of hydrogen-bond donors (Lipinski definition) is 2. The molecule has 0 unspecified atom stereocenters. The van der Waals surface area contributed by atoms with E-state index >= 15 is 0 Å². The third-order valence-corrected chi connectivity index (χ3v) is 3.09. The van der Waals surface area contributed by atoms with E-state index in [0.717, 1.165) is 5.56 Å². The molecule has 2 aromatic carbocycles. The van der Waals surface area contributed by atoms with Crippen molar-refractivity contribution in [3.63, 3.8) is 0 Å². The number of rotatable bonds is 2. The number of carbonyl (C=O) groups excluding carboxylic acids is 1. The molecule has 0 atom stereocenters. The van der Waals surface area contributed by atoms with Gasteiger partial charge in [-0.3, -0.25) is 4.79 Å². The fourth-order valence-electron chi connectivity index (χ4n) is 1.61. The zero-order valence-electron chi connectivity index (χ0n) is 10.2. The molecule has 0 aliphatic heterocycles. The van der Waals surface area contributed by atoms with Crippen LogP contribution in [0.3, 0.4) is 0 Å². The number of nitrogens with one attached hydrogen (secondary N) is 1. The first-order chi connectivity index (χ1) is 8.97. The minimum Gasteiger partial charge on any atom is -0.397 e. The van der Waals surface area contributed by atoms with Crippen LogP contribution in [0.5, 0.6) is 0 Å². The van der Waals surface area contributed by atoms with Gasteiger partial charge in [-0.1, -0.05) is 11.6 Å². The van der Waals surface area contributed by atoms with Crippen LogP contribution < -0.4 is 11.1 Å². The van der Waals surface area contributed by atoms with Gasteiger partial charge in [0.05, 0.1) is 11.4 Å². The molecular weight excluding hydrogens is 267 g/mol. The first-order valence-electron chi connectivity index (χ1n) is 5.60. The highest BCUT2D eigenvalue weighted by atomic mass is 35.5. The number of carbonyl (C=O) groups is 1. The molecule has 0 saturated carbocycles. The van der Waals surface area contributed by atoms with Crippen molar-refractivity contribution in [2.75, 3.05) is 11.1 Å². The zero-order chi connectivity index (χ0) is 14.0. The van der Waals surface area contributed by atoms with E-state index in [9.17, 15) is 9.18 Å². The Hall–Kier alpha value is -2.07. The summed E-state index contributed by atoms with van der Waals surface area (Å²) in [6.07, 6.45) is 0.